The van der Waals surface area contributed by atoms with Crippen LogP contribution in [-0.4, -0.2) is 16.7 Å². The average Bonchev–Trinajstić information content (AvgIpc) is 2.29. The molecule has 4 nitrogen and oxygen atoms in total. The van der Waals surface area contributed by atoms with Gasteiger partial charge in [-0.3, -0.25) is 0 Å². The molecule has 0 aliphatic heterocycles. The van der Waals surface area contributed by atoms with Gasteiger partial charge >= 0.3 is 0 Å². The summed E-state index contributed by atoms with van der Waals surface area (Å²) < 4.78 is 5.64. The van der Waals surface area contributed by atoms with Crippen LogP contribution in [0.25, 0.3) is 0 Å². The number of nitriles is 1. The van der Waals surface area contributed by atoms with Crippen LogP contribution in [0.5, 0.6) is 5.75 Å². The fourth-order valence-corrected chi connectivity index (χ4v) is 1.59. The monoisotopic (exact) mass is 234 g/mol. The van der Waals surface area contributed by atoms with Crippen LogP contribution in [-0.2, 0) is 6.61 Å². The summed E-state index contributed by atoms with van der Waals surface area (Å²) in [5.41, 5.74) is 5.71. The molecule has 0 bridgehead atoms. The Morgan fingerprint density at radius 2 is 2.06 bits per heavy atom. The maximum atomic E-state index is 8.90. The van der Waals surface area contributed by atoms with Gasteiger partial charge in [-0.2, -0.15) is 5.26 Å². The second-order valence-electron chi connectivity index (χ2n) is 4.46. The van der Waals surface area contributed by atoms with E-state index in [1.807, 2.05) is 13.0 Å². The standard InChI is InChI=1S/C13H18N2O2/c1-10(7-13(2,15)9-14)17-12-5-3-11(8-16)4-6-12/h3-6,10,16H,7-8,15H2,1-2H3. The van der Waals surface area contributed by atoms with Crippen LogP contribution in [0.3, 0.4) is 0 Å². The molecule has 0 spiro atoms. The van der Waals surface area contributed by atoms with Gasteiger partial charge in [-0.25, -0.2) is 0 Å². The first-order valence-corrected chi connectivity index (χ1v) is 5.53. The van der Waals surface area contributed by atoms with E-state index in [4.69, 9.17) is 20.8 Å². The first kappa shape index (κ1) is 13.5. The summed E-state index contributed by atoms with van der Waals surface area (Å²) in [7, 11) is 0. The van der Waals surface area contributed by atoms with Crippen LogP contribution in [0.2, 0.25) is 0 Å². The highest BCUT2D eigenvalue weighted by molar-refractivity contribution is 5.27. The number of rotatable bonds is 5. The number of hydrogen-bond acceptors (Lipinski definition) is 4. The lowest BCUT2D eigenvalue weighted by Crippen LogP contribution is -2.38. The second kappa shape index (κ2) is 5.67. The molecular formula is C13H18N2O2. The van der Waals surface area contributed by atoms with Gasteiger partial charge in [-0.1, -0.05) is 12.1 Å². The molecule has 0 aromatic heterocycles. The summed E-state index contributed by atoms with van der Waals surface area (Å²) in [6.45, 7) is 3.58. The molecule has 0 radical (unpaired) electrons. The van der Waals surface area contributed by atoms with Gasteiger partial charge < -0.3 is 15.6 Å². The smallest absolute Gasteiger partial charge is 0.119 e. The van der Waals surface area contributed by atoms with Crippen molar-refractivity contribution < 1.29 is 9.84 Å². The van der Waals surface area contributed by atoms with E-state index in [0.717, 1.165) is 5.56 Å². The van der Waals surface area contributed by atoms with Crippen molar-refractivity contribution in [2.75, 3.05) is 0 Å². The average molecular weight is 234 g/mol. The Labute approximate surface area is 102 Å². The molecule has 0 aliphatic carbocycles. The van der Waals surface area contributed by atoms with Crippen LogP contribution < -0.4 is 10.5 Å². The van der Waals surface area contributed by atoms with Crippen molar-refractivity contribution >= 4 is 0 Å². The second-order valence-corrected chi connectivity index (χ2v) is 4.46. The minimum absolute atomic E-state index is 0.0190. The Bertz CT molecular complexity index is 393. The summed E-state index contributed by atoms with van der Waals surface area (Å²) in [6.07, 6.45) is 0.329. The minimum atomic E-state index is -0.871. The molecule has 0 fully saturated rings. The van der Waals surface area contributed by atoms with Gasteiger partial charge in [0.1, 0.15) is 11.3 Å². The van der Waals surface area contributed by atoms with Crippen LogP contribution in [0.15, 0.2) is 24.3 Å². The number of benzene rings is 1. The Morgan fingerprint density at radius 1 is 1.47 bits per heavy atom. The van der Waals surface area contributed by atoms with Gasteiger partial charge in [0, 0.05) is 6.42 Å². The Balaban J connectivity index is 2.56. The lowest BCUT2D eigenvalue weighted by atomic mass is 9.98. The summed E-state index contributed by atoms with van der Waals surface area (Å²) in [6, 6.07) is 9.23. The molecular weight excluding hydrogens is 216 g/mol. The van der Waals surface area contributed by atoms with Gasteiger partial charge in [0.2, 0.25) is 0 Å². The van der Waals surface area contributed by atoms with Crippen LogP contribution in [0.1, 0.15) is 25.8 Å². The molecule has 92 valence electrons. The van der Waals surface area contributed by atoms with Crippen molar-refractivity contribution in [1.82, 2.24) is 0 Å². The van der Waals surface area contributed by atoms with Crippen LogP contribution in [0, 0.1) is 11.3 Å². The van der Waals surface area contributed by atoms with Gasteiger partial charge in [0.25, 0.3) is 0 Å². The highest BCUT2D eigenvalue weighted by Gasteiger charge is 2.21. The zero-order valence-electron chi connectivity index (χ0n) is 10.2. The van der Waals surface area contributed by atoms with Crippen molar-refractivity contribution in [3.8, 4) is 11.8 Å². The van der Waals surface area contributed by atoms with Crippen LogP contribution in [0.4, 0.5) is 0 Å². The van der Waals surface area contributed by atoms with E-state index in [1.165, 1.54) is 0 Å². The van der Waals surface area contributed by atoms with Crippen molar-refractivity contribution in [3.63, 3.8) is 0 Å². The first-order valence-electron chi connectivity index (χ1n) is 5.53. The maximum Gasteiger partial charge on any atom is 0.119 e. The normalized spacial score (nSPS) is 15.7. The van der Waals surface area contributed by atoms with Gasteiger partial charge in [0.05, 0.1) is 18.8 Å². The van der Waals surface area contributed by atoms with Crippen molar-refractivity contribution in [3.05, 3.63) is 29.8 Å². The number of aliphatic hydroxyl groups excluding tert-OH is 1. The molecule has 0 saturated carbocycles. The summed E-state index contributed by atoms with van der Waals surface area (Å²) in [4.78, 5) is 0. The quantitative estimate of drug-likeness (QED) is 0.810. The molecule has 0 aliphatic rings. The molecule has 17 heavy (non-hydrogen) atoms. The molecule has 0 amide bonds. The Morgan fingerprint density at radius 3 is 2.53 bits per heavy atom. The molecule has 4 heteroatoms. The first-order chi connectivity index (χ1) is 7.96. The highest BCUT2D eigenvalue weighted by Crippen LogP contribution is 2.17. The number of hydrogen-bond donors (Lipinski definition) is 2. The van der Waals surface area contributed by atoms with E-state index in [2.05, 4.69) is 0 Å². The van der Waals surface area contributed by atoms with Crippen LogP contribution >= 0.6 is 0 Å². The lowest BCUT2D eigenvalue weighted by Gasteiger charge is -2.21. The zero-order chi connectivity index (χ0) is 12.9. The van der Waals surface area contributed by atoms with Gasteiger partial charge in [-0.15, -0.1) is 0 Å². The third kappa shape index (κ3) is 4.43. The summed E-state index contributed by atoms with van der Waals surface area (Å²) in [5.74, 6) is 0.712. The fourth-order valence-electron chi connectivity index (χ4n) is 1.59. The topological polar surface area (TPSA) is 79.3 Å². The number of aliphatic hydroxyl groups is 1. The third-order valence-electron chi connectivity index (χ3n) is 2.41. The van der Waals surface area contributed by atoms with Crippen molar-refractivity contribution in [2.24, 2.45) is 5.73 Å². The van der Waals surface area contributed by atoms with E-state index in [1.54, 1.807) is 31.2 Å². The summed E-state index contributed by atoms with van der Waals surface area (Å²) >= 11 is 0. The number of nitrogens with zero attached hydrogens (tertiary/aromatic N) is 1. The largest absolute Gasteiger partial charge is 0.491 e. The number of ether oxygens (including phenoxy) is 1. The SMILES string of the molecule is CC(CC(C)(N)C#N)Oc1ccc(CO)cc1. The zero-order valence-corrected chi connectivity index (χ0v) is 10.2. The van der Waals surface area contributed by atoms with E-state index in [-0.39, 0.29) is 12.7 Å². The van der Waals surface area contributed by atoms with Crippen molar-refractivity contribution in [2.45, 2.75) is 38.5 Å². The molecule has 1 rings (SSSR count). The van der Waals surface area contributed by atoms with E-state index in [0.29, 0.717) is 12.2 Å². The van der Waals surface area contributed by atoms with Gasteiger partial charge in [-0.05, 0) is 31.5 Å². The fraction of sp³-hybridized carbons (Fsp3) is 0.462. The van der Waals surface area contributed by atoms with E-state index in [9.17, 15) is 0 Å². The van der Waals surface area contributed by atoms with Crippen molar-refractivity contribution in [1.29, 1.82) is 5.26 Å². The third-order valence-corrected chi connectivity index (χ3v) is 2.41. The Hall–Kier alpha value is -1.57. The predicted molar refractivity (Wildman–Crippen MR) is 65.3 cm³/mol. The molecule has 3 N–H and O–H groups in total. The maximum absolute atomic E-state index is 8.90. The van der Waals surface area contributed by atoms with E-state index >= 15 is 0 Å². The molecule has 2 unspecified atom stereocenters. The highest BCUT2D eigenvalue weighted by atomic mass is 16.5. The lowest BCUT2D eigenvalue weighted by molar-refractivity contribution is 0.191. The van der Waals surface area contributed by atoms with Gasteiger partial charge in [0.15, 0.2) is 0 Å². The number of nitrogens with two attached hydrogens (primary N) is 1. The predicted octanol–water partition coefficient (Wildman–Crippen LogP) is 1.58. The summed E-state index contributed by atoms with van der Waals surface area (Å²) in [5, 5.41) is 17.7. The molecule has 2 atom stereocenters. The minimum Gasteiger partial charge on any atom is -0.491 e. The molecule has 1 aromatic carbocycles. The molecule has 0 heterocycles. The molecule has 0 saturated heterocycles. The Kier molecular flexibility index (Phi) is 4.50. The van der Waals surface area contributed by atoms with E-state index < -0.39 is 5.54 Å². The molecule has 1 aromatic rings.